The Labute approximate surface area is 208 Å². The van der Waals surface area contributed by atoms with Crippen LogP contribution in [-0.2, 0) is 19.1 Å². The van der Waals surface area contributed by atoms with Crippen molar-refractivity contribution in [2.24, 2.45) is 11.8 Å². The molecule has 1 N–H and O–H groups in total. The molecule has 0 radical (unpaired) electrons. The first kappa shape index (κ1) is 25.0. The molecule has 3 saturated heterocycles. The van der Waals surface area contributed by atoms with Crippen molar-refractivity contribution in [3.05, 3.63) is 12.7 Å². The first-order valence-electron chi connectivity index (χ1n) is 12.2. The van der Waals surface area contributed by atoms with E-state index in [4.69, 9.17) is 4.74 Å². The molecular weight excluding hydrogens is 508 g/mol. The quantitative estimate of drug-likeness (QED) is 0.274. The number of fused-ring (bicyclic) bond motifs is 1. The molecule has 33 heavy (non-hydrogen) atoms. The molecule has 1 aliphatic carbocycles. The van der Waals surface area contributed by atoms with Crippen LogP contribution in [0.15, 0.2) is 12.7 Å². The van der Waals surface area contributed by atoms with E-state index in [1.807, 2.05) is 4.90 Å². The third-order valence-electron chi connectivity index (χ3n) is 7.76. The molecule has 6 atom stereocenters. The zero-order valence-corrected chi connectivity index (χ0v) is 21.7. The van der Waals surface area contributed by atoms with Gasteiger partial charge in [0.1, 0.15) is 6.04 Å². The van der Waals surface area contributed by atoms with E-state index >= 15 is 0 Å². The van der Waals surface area contributed by atoms with Gasteiger partial charge in [-0.2, -0.15) is 0 Å². The summed E-state index contributed by atoms with van der Waals surface area (Å²) in [6, 6.07) is -0.489. The van der Waals surface area contributed by atoms with Gasteiger partial charge in [-0.3, -0.25) is 14.4 Å². The highest BCUT2D eigenvalue weighted by Crippen LogP contribution is 2.68. The van der Waals surface area contributed by atoms with Crippen LogP contribution < -0.4 is 0 Å². The Hall–Kier alpha value is -1.06. The summed E-state index contributed by atoms with van der Waals surface area (Å²) in [5, 5.41) is 9.40. The zero-order chi connectivity index (χ0) is 23.8. The fourth-order valence-corrected chi connectivity index (χ4v) is 10.1. The van der Waals surface area contributed by atoms with E-state index in [1.165, 1.54) is 6.42 Å². The van der Waals surface area contributed by atoms with Crippen LogP contribution in [0.4, 0.5) is 0 Å². The number of aliphatic hydroxyl groups excluding tert-OH is 1. The van der Waals surface area contributed by atoms with Gasteiger partial charge in [-0.15, -0.1) is 18.3 Å². The number of amides is 2. The van der Waals surface area contributed by atoms with Gasteiger partial charge in [0.25, 0.3) is 0 Å². The topological polar surface area (TPSA) is 87.2 Å². The largest absolute Gasteiger partial charge is 0.466 e. The third kappa shape index (κ3) is 4.16. The lowest BCUT2D eigenvalue weighted by Gasteiger charge is -2.41. The molecule has 9 heteroatoms. The first-order valence-corrected chi connectivity index (χ1v) is 14.0. The molecule has 0 aromatic carbocycles. The smallest absolute Gasteiger partial charge is 0.310 e. The molecule has 184 valence electrons. The molecular formula is C24H35BrN2O5S. The number of hydrogen-bond acceptors (Lipinski definition) is 6. The van der Waals surface area contributed by atoms with Crippen LogP contribution in [0.5, 0.6) is 0 Å². The van der Waals surface area contributed by atoms with Crippen molar-refractivity contribution in [2.45, 2.75) is 78.8 Å². The summed E-state index contributed by atoms with van der Waals surface area (Å²) in [5.41, 5.74) is 0. The van der Waals surface area contributed by atoms with Crippen molar-refractivity contribution >= 4 is 45.5 Å². The fraction of sp³-hybridized carbons (Fsp3) is 0.792. The van der Waals surface area contributed by atoms with E-state index < -0.39 is 22.6 Å². The second-order valence-corrected chi connectivity index (χ2v) is 12.3. The Morgan fingerprint density at radius 2 is 2.09 bits per heavy atom. The predicted octanol–water partition coefficient (Wildman–Crippen LogP) is 2.74. The predicted molar refractivity (Wildman–Crippen MR) is 131 cm³/mol. The number of thioether (sulfide) groups is 1. The van der Waals surface area contributed by atoms with E-state index in [0.29, 0.717) is 25.9 Å². The van der Waals surface area contributed by atoms with Crippen LogP contribution in [0, 0.1) is 11.8 Å². The molecule has 1 spiro atoms. The summed E-state index contributed by atoms with van der Waals surface area (Å²) in [6.45, 7) is 6.63. The third-order valence-corrected chi connectivity index (χ3v) is 11.0. The standard InChI is InChI=1S/C24H35BrN2O5S/c1-3-11-26(15-9-6-5-7-10-15)22(30)20-24-14-16(25)19(33-24)17(23(31)32-4-2)18(24)21(29)27(20)12-8-13-28/h3,15-20,28H,1,4-14H2,2H3/t16?,17-,18+,19-,20?,24?/m1/s1. The number of ether oxygens (including phenoxy) is 1. The van der Waals surface area contributed by atoms with Crippen LogP contribution in [-0.4, -0.2) is 85.9 Å². The second kappa shape index (κ2) is 10.3. The number of halogens is 1. The lowest BCUT2D eigenvalue weighted by molar-refractivity contribution is -0.153. The van der Waals surface area contributed by atoms with Gasteiger partial charge in [0.05, 0.1) is 23.2 Å². The SMILES string of the molecule is C=CCN(C(=O)C1N(CCCO)C(=O)[C@@H]2[C@@H](C(=O)OCC)[C@@H]3SC12CC3Br)C1CCCCC1. The minimum atomic E-state index is -0.659. The van der Waals surface area contributed by atoms with Gasteiger partial charge in [0, 0.05) is 35.8 Å². The average Bonchev–Trinajstić information content (AvgIpc) is 3.40. The molecule has 2 bridgehead atoms. The molecule has 3 heterocycles. The average molecular weight is 544 g/mol. The van der Waals surface area contributed by atoms with Crippen molar-refractivity contribution in [1.29, 1.82) is 0 Å². The summed E-state index contributed by atoms with van der Waals surface area (Å²) >= 11 is 5.39. The highest BCUT2D eigenvalue weighted by atomic mass is 79.9. The molecule has 4 rings (SSSR count). The maximum atomic E-state index is 14.3. The highest BCUT2D eigenvalue weighted by Gasteiger charge is 2.76. The van der Waals surface area contributed by atoms with Gasteiger partial charge < -0.3 is 19.6 Å². The van der Waals surface area contributed by atoms with Gasteiger partial charge in [-0.05, 0) is 32.6 Å². The number of alkyl halides is 1. The Kier molecular flexibility index (Phi) is 7.80. The van der Waals surface area contributed by atoms with Gasteiger partial charge in [-0.25, -0.2) is 0 Å². The summed E-state index contributed by atoms with van der Waals surface area (Å²) in [4.78, 5) is 44.7. The number of likely N-dealkylation sites (tertiary alicyclic amines) is 1. The lowest BCUT2D eigenvalue weighted by Crippen LogP contribution is -2.57. The molecule has 3 unspecified atom stereocenters. The number of carbonyl (C=O) groups is 3. The monoisotopic (exact) mass is 542 g/mol. The van der Waals surface area contributed by atoms with Crippen molar-refractivity contribution in [2.75, 3.05) is 26.3 Å². The molecule has 2 amide bonds. The Bertz CT molecular complexity index is 791. The van der Waals surface area contributed by atoms with Crippen molar-refractivity contribution < 1.29 is 24.2 Å². The van der Waals surface area contributed by atoms with Crippen molar-refractivity contribution in [3.8, 4) is 0 Å². The normalized spacial score (nSPS) is 35.5. The summed E-state index contributed by atoms with van der Waals surface area (Å²) in [6.07, 6.45) is 8.15. The molecule has 4 fully saturated rings. The molecule has 3 aliphatic heterocycles. The Morgan fingerprint density at radius 3 is 2.73 bits per heavy atom. The van der Waals surface area contributed by atoms with E-state index in [0.717, 1.165) is 25.7 Å². The van der Waals surface area contributed by atoms with E-state index in [2.05, 4.69) is 22.5 Å². The van der Waals surface area contributed by atoms with Gasteiger partial charge in [-0.1, -0.05) is 41.3 Å². The maximum Gasteiger partial charge on any atom is 0.310 e. The number of rotatable bonds is 9. The highest BCUT2D eigenvalue weighted by molar-refractivity contribution is 9.09. The fourth-order valence-electron chi connectivity index (χ4n) is 6.51. The van der Waals surface area contributed by atoms with E-state index in [-0.39, 0.29) is 47.1 Å². The summed E-state index contributed by atoms with van der Waals surface area (Å²) < 4.78 is 4.72. The van der Waals surface area contributed by atoms with Gasteiger partial charge in [0.2, 0.25) is 11.8 Å². The van der Waals surface area contributed by atoms with Crippen LogP contribution in [0.2, 0.25) is 0 Å². The maximum absolute atomic E-state index is 14.3. The Morgan fingerprint density at radius 1 is 1.36 bits per heavy atom. The number of nitrogens with zero attached hydrogens (tertiary/aromatic N) is 2. The molecule has 4 aliphatic rings. The van der Waals surface area contributed by atoms with Crippen LogP contribution >= 0.6 is 27.7 Å². The molecule has 1 saturated carbocycles. The lowest BCUT2D eigenvalue weighted by atomic mass is 9.71. The minimum Gasteiger partial charge on any atom is -0.466 e. The molecule has 7 nitrogen and oxygen atoms in total. The van der Waals surface area contributed by atoms with Gasteiger partial charge >= 0.3 is 5.97 Å². The van der Waals surface area contributed by atoms with Crippen LogP contribution in [0.25, 0.3) is 0 Å². The minimum absolute atomic E-state index is 0.0343. The summed E-state index contributed by atoms with van der Waals surface area (Å²) in [5.74, 6) is -1.64. The van der Waals surface area contributed by atoms with Crippen LogP contribution in [0.1, 0.15) is 51.9 Å². The van der Waals surface area contributed by atoms with Gasteiger partial charge in [0.15, 0.2) is 0 Å². The summed E-state index contributed by atoms with van der Waals surface area (Å²) in [7, 11) is 0. The zero-order valence-electron chi connectivity index (χ0n) is 19.3. The second-order valence-electron chi connectivity index (χ2n) is 9.60. The van der Waals surface area contributed by atoms with Crippen molar-refractivity contribution in [1.82, 2.24) is 9.80 Å². The number of carbonyl (C=O) groups excluding carboxylic acids is 3. The number of esters is 1. The molecule has 0 aromatic rings. The number of hydrogen-bond donors (Lipinski definition) is 1. The van der Waals surface area contributed by atoms with E-state index in [1.54, 1.807) is 29.7 Å². The molecule has 0 aromatic heterocycles. The number of aliphatic hydroxyl groups is 1. The van der Waals surface area contributed by atoms with Crippen LogP contribution in [0.3, 0.4) is 0 Å². The van der Waals surface area contributed by atoms with Crippen molar-refractivity contribution in [3.63, 3.8) is 0 Å². The Balaban J connectivity index is 1.73. The first-order chi connectivity index (χ1) is 15.9. The van der Waals surface area contributed by atoms with E-state index in [9.17, 15) is 19.5 Å².